The van der Waals surface area contributed by atoms with Crippen molar-refractivity contribution in [3.63, 3.8) is 0 Å². The third-order valence-electron chi connectivity index (χ3n) is 3.71. The van der Waals surface area contributed by atoms with Gasteiger partial charge in [0.2, 0.25) is 5.91 Å². The first-order chi connectivity index (χ1) is 8.97. The van der Waals surface area contributed by atoms with Gasteiger partial charge in [0.1, 0.15) is 0 Å². The lowest BCUT2D eigenvalue weighted by atomic mass is 10.2. The second-order valence-corrected chi connectivity index (χ2v) is 5.73. The van der Waals surface area contributed by atoms with Crippen LogP contribution in [0.2, 0.25) is 0 Å². The molecule has 2 unspecified atom stereocenters. The van der Waals surface area contributed by atoms with Crippen LogP contribution in [0, 0.1) is 19.8 Å². The van der Waals surface area contributed by atoms with Gasteiger partial charge in [0.05, 0.1) is 11.7 Å². The van der Waals surface area contributed by atoms with Gasteiger partial charge in [-0.2, -0.15) is 5.10 Å². The van der Waals surface area contributed by atoms with Crippen molar-refractivity contribution >= 4 is 30.7 Å². The van der Waals surface area contributed by atoms with E-state index in [4.69, 9.17) is 5.73 Å². The van der Waals surface area contributed by atoms with Gasteiger partial charge in [-0.3, -0.25) is 9.48 Å². The van der Waals surface area contributed by atoms with Crippen LogP contribution < -0.4 is 11.1 Å². The number of nitrogens with two attached hydrogens (primary N) is 1. The Morgan fingerprint density at radius 1 is 1.48 bits per heavy atom. The van der Waals surface area contributed by atoms with Crippen LogP contribution in [0.1, 0.15) is 43.6 Å². The van der Waals surface area contributed by atoms with Gasteiger partial charge in [-0.05, 0) is 45.6 Å². The summed E-state index contributed by atoms with van der Waals surface area (Å²) in [5, 5.41) is 7.33. The Morgan fingerprint density at radius 3 is 2.57 bits per heavy atom. The van der Waals surface area contributed by atoms with Crippen LogP contribution in [0.3, 0.4) is 0 Å². The van der Waals surface area contributed by atoms with Gasteiger partial charge >= 0.3 is 0 Å². The zero-order valence-electron chi connectivity index (χ0n) is 12.8. The molecule has 1 aliphatic rings. The Bertz CT molecular complexity index is 460. The summed E-state index contributed by atoms with van der Waals surface area (Å²) < 4.78 is 1.91. The summed E-state index contributed by atoms with van der Waals surface area (Å²) in [5.74, 6) is 0.671. The summed E-state index contributed by atoms with van der Waals surface area (Å²) in [6, 6.07) is 2.22. The van der Waals surface area contributed by atoms with Gasteiger partial charge in [-0.1, -0.05) is 0 Å². The minimum Gasteiger partial charge on any atom is -0.354 e. The second-order valence-electron chi connectivity index (χ2n) is 5.73. The lowest BCUT2D eigenvalue weighted by Gasteiger charge is -2.16. The third-order valence-corrected chi connectivity index (χ3v) is 3.71. The standard InChI is InChI=1S/C14H24N4O.2ClH/c1-9-6-10(2)18(17-9)11(3)7-14(19)16-8-13(15)12-4-5-12;;/h6,11-13H,4-5,7-8,15H2,1-3H3,(H,16,19);2*1H. The maximum absolute atomic E-state index is 11.9. The molecule has 2 atom stereocenters. The Balaban J connectivity index is 0.00000200. The molecular formula is C14H26Cl2N4O. The number of carbonyl (C=O) groups excluding carboxylic acids is 1. The number of nitrogens with one attached hydrogen (secondary N) is 1. The van der Waals surface area contributed by atoms with Crippen LogP contribution in [-0.4, -0.2) is 28.3 Å². The Hall–Kier alpha value is -0.780. The lowest BCUT2D eigenvalue weighted by molar-refractivity contribution is -0.121. The third kappa shape index (κ3) is 5.85. The molecule has 0 aliphatic heterocycles. The zero-order valence-corrected chi connectivity index (χ0v) is 14.5. The highest BCUT2D eigenvalue weighted by atomic mass is 35.5. The minimum atomic E-state index is 0. The molecule has 21 heavy (non-hydrogen) atoms. The van der Waals surface area contributed by atoms with Crippen molar-refractivity contribution < 1.29 is 4.79 Å². The van der Waals surface area contributed by atoms with Crippen molar-refractivity contribution in [3.8, 4) is 0 Å². The number of hydrogen-bond acceptors (Lipinski definition) is 3. The number of rotatable bonds is 6. The number of nitrogens with zero attached hydrogens (tertiary/aromatic N) is 2. The van der Waals surface area contributed by atoms with Gasteiger partial charge in [0.25, 0.3) is 0 Å². The quantitative estimate of drug-likeness (QED) is 0.835. The molecule has 1 aromatic rings. The highest BCUT2D eigenvalue weighted by Gasteiger charge is 2.28. The van der Waals surface area contributed by atoms with Crippen LogP contribution in [0.4, 0.5) is 0 Å². The first kappa shape index (κ1) is 20.2. The van der Waals surface area contributed by atoms with E-state index in [0.717, 1.165) is 11.4 Å². The average Bonchev–Trinajstić information content (AvgIpc) is 3.12. The van der Waals surface area contributed by atoms with Gasteiger partial charge < -0.3 is 11.1 Å². The van der Waals surface area contributed by atoms with Crippen LogP contribution in [0.5, 0.6) is 0 Å². The van der Waals surface area contributed by atoms with Crippen LogP contribution in [0.15, 0.2) is 6.07 Å². The summed E-state index contributed by atoms with van der Waals surface area (Å²) in [4.78, 5) is 11.9. The Kier molecular flexibility index (Phi) is 8.29. The molecule has 5 nitrogen and oxygen atoms in total. The van der Waals surface area contributed by atoms with Crippen molar-refractivity contribution in [2.45, 2.75) is 52.1 Å². The molecule has 1 amide bonds. The number of hydrogen-bond donors (Lipinski definition) is 2. The molecule has 1 aliphatic carbocycles. The van der Waals surface area contributed by atoms with E-state index in [-0.39, 0.29) is 42.8 Å². The predicted molar refractivity (Wildman–Crippen MR) is 89.2 cm³/mol. The summed E-state index contributed by atoms with van der Waals surface area (Å²) in [6.45, 7) is 6.58. The molecule has 1 fully saturated rings. The van der Waals surface area contributed by atoms with E-state index in [2.05, 4.69) is 10.4 Å². The van der Waals surface area contributed by atoms with E-state index in [1.54, 1.807) is 0 Å². The fourth-order valence-corrected chi connectivity index (χ4v) is 2.44. The SMILES string of the molecule is Cc1cc(C)n(C(C)CC(=O)NCC(N)C2CC2)n1.Cl.Cl. The smallest absolute Gasteiger partial charge is 0.222 e. The number of amides is 1. The Morgan fingerprint density at radius 2 is 2.10 bits per heavy atom. The number of halogens is 2. The molecule has 1 saturated carbocycles. The summed E-state index contributed by atoms with van der Waals surface area (Å²) in [7, 11) is 0. The van der Waals surface area contributed by atoms with Crippen molar-refractivity contribution in [2.24, 2.45) is 11.7 Å². The highest BCUT2D eigenvalue weighted by Crippen LogP contribution is 2.31. The van der Waals surface area contributed by atoms with E-state index < -0.39 is 0 Å². The summed E-state index contributed by atoms with van der Waals surface area (Å²) in [6.07, 6.45) is 2.86. The minimum absolute atomic E-state index is 0. The average molecular weight is 337 g/mol. The number of aromatic nitrogens is 2. The highest BCUT2D eigenvalue weighted by molar-refractivity contribution is 5.85. The molecule has 0 saturated heterocycles. The topological polar surface area (TPSA) is 72.9 Å². The maximum Gasteiger partial charge on any atom is 0.222 e. The number of carbonyl (C=O) groups is 1. The normalized spacial score (nSPS) is 16.4. The molecule has 1 heterocycles. The van der Waals surface area contributed by atoms with Gasteiger partial charge in [-0.25, -0.2) is 0 Å². The van der Waals surface area contributed by atoms with Crippen molar-refractivity contribution in [1.82, 2.24) is 15.1 Å². The van der Waals surface area contributed by atoms with E-state index >= 15 is 0 Å². The fraction of sp³-hybridized carbons (Fsp3) is 0.714. The van der Waals surface area contributed by atoms with Gasteiger partial charge in [0.15, 0.2) is 0 Å². The van der Waals surface area contributed by atoms with Crippen molar-refractivity contribution in [3.05, 3.63) is 17.5 Å². The van der Waals surface area contributed by atoms with Crippen molar-refractivity contribution in [1.29, 1.82) is 0 Å². The molecule has 7 heteroatoms. The number of aryl methyl sites for hydroxylation is 2. The van der Waals surface area contributed by atoms with Crippen LogP contribution >= 0.6 is 24.8 Å². The molecule has 3 N–H and O–H groups in total. The van der Waals surface area contributed by atoms with Crippen molar-refractivity contribution in [2.75, 3.05) is 6.54 Å². The molecule has 122 valence electrons. The monoisotopic (exact) mass is 336 g/mol. The van der Waals surface area contributed by atoms with E-state index in [9.17, 15) is 4.79 Å². The lowest BCUT2D eigenvalue weighted by Crippen LogP contribution is -2.39. The predicted octanol–water partition coefficient (Wildman–Crippen LogP) is 2.15. The fourth-order valence-electron chi connectivity index (χ4n) is 2.44. The largest absolute Gasteiger partial charge is 0.354 e. The first-order valence-electron chi connectivity index (χ1n) is 7.02. The molecule has 0 bridgehead atoms. The summed E-state index contributed by atoms with van der Waals surface area (Å²) in [5.41, 5.74) is 8.04. The maximum atomic E-state index is 11.9. The van der Waals surface area contributed by atoms with Crippen LogP contribution in [0.25, 0.3) is 0 Å². The van der Waals surface area contributed by atoms with Crippen LogP contribution in [-0.2, 0) is 4.79 Å². The molecule has 0 aromatic carbocycles. The zero-order chi connectivity index (χ0) is 14.0. The molecule has 2 rings (SSSR count). The molecular weight excluding hydrogens is 311 g/mol. The Labute approximate surface area is 138 Å². The molecule has 1 aromatic heterocycles. The van der Waals surface area contributed by atoms with E-state index in [1.165, 1.54) is 12.8 Å². The second kappa shape index (κ2) is 8.61. The van der Waals surface area contributed by atoms with Gasteiger partial charge in [0, 0.05) is 24.7 Å². The van der Waals surface area contributed by atoms with E-state index in [1.807, 2.05) is 31.5 Å². The summed E-state index contributed by atoms with van der Waals surface area (Å²) >= 11 is 0. The van der Waals surface area contributed by atoms with Gasteiger partial charge in [-0.15, -0.1) is 24.8 Å². The first-order valence-corrected chi connectivity index (χ1v) is 7.02. The molecule has 0 radical (unpaired) electrons. The molecule has 0 spiro atoms. The van der Waals surface area contributed by atoms with E-state index in [0.29, 0.717) is 18.9 Å².